The summed E-state index contributed by atoms with van der Waals surface area (Å²) in [5.74, 6) is 1.43. The first-order chi connectivity index (χ1) is 10.8. The third-order valence-electron chi connectivity index (χ3n) is 4.20. The van der Waals surface area contributed by atoms with Gasteiger partial charge in [-0.05, 0) is 56.0 Å². The molecule has 0 amide bonds. The van der Waals surface area contributed by atoms with E-state index in [1.54, 1.807) is 12.4 Å². The van der Waals surface area contributed by atoms with Gasteiger partial charge in [0.2, 0.25) is 0 Å². The van der Waals surface area contributed by atoms with Gasteiger partial charge in [-0.1, -0.05) is 0 Å². The maximum absolute atomic E-state index is 5.99. The van der Waals surface area contributed by atoms with Crippen LogP contribution in [0.2, 0.25) is 0 Å². The van der Waals surface area contributed by atoms with Crippen molar-refractivity contribution in [2.45, 2.75) is 31.8 Å². The van der Waals surface area contributed by atoms with Crippen LogP contribution in [-0.2, 0) is 0 Å². The van der Waals surface area contributed by atoms with Crippen LogP contribution in [0.4, 0.5) is 5.82 Å². The van der Waals surface area contributed by atoms with Gasteiger partial charge < -0.3 is 10.5 Å². The zero-order chi connectivity index (χ0) is 14.9. The lowest BCUT2D eigenvalue weighted by molar-refractivity contribution is 0.210. The third-order valence-corrected chi connectivity index (χ3v) is 4.20. The number of nitrogens with two attached hydrogens (primary N) is 1. The van der Waals surface area contributed by atoms with Crippen molar-refractivity contribution in [3.05, 3.63) is 42.7 Å². The van der Waals surface area contributed by atoms with Crippen molar-refractivity contribution in [2.75, 3.05) is 5.73 Å². The fourth-order valence-corrected chi connectivity index (χ4v) is 3.05. The molecule has 4 rings (SSSR count). The zero-order valence-electron chi connectivity index (χ0n) is 12.3. The largest absolute Gasteiger partial charge is 0.490 e. The summed E-state index contributed by atoms with van der Waals surface area (Å²) >= 11 is 0. The van der Waals surface area contributed by atoms with Crippen LogP contribution in [0.3, 0.4) is 0 Å². The monoisotopic (exact) mass is 294 g/mol. The second-order valence-electron chi connectivity index (χ2n) is 5.71. The number of fused-ring (bicyclic) bond motifs is 1. The van der Waals surface area contributed by atoms with Gasteiger partial charge in [-0.3, -0.25) is 4.98 Å². The number of hydrogen-bond acceptors (Lipinski definition) is 4. The lowest BCUT2D eigenvalue weighted by Crippen LogP contribution is -2.10. The Morgan fingerprint density at radius 3 is 2.64 bits per heavy atom. The third kappa shape index (κ3) is 2.28. The van der Waals surface area contributed by atoms with E-state index in [1.165, 1.54) is 12.8 Å². The molecule has 1 aliphatic rings. The van der Waals surface area contributed by atoms with Crippen LogP contribution in [0.25, 0.3) is 16.6 Å². The molecule has 3 aromatic rings. The van der Waals surface area contributed by atoms with Crippen LogP contribution < -0.4 is 10.5 Å². The highest BCUT2D eigenvalue weighted by molar-refractivity contribution is 5.89. The normalized spacial score (nSPS) is 15.5. The maximum Gasteiger partial charge on any atom is 0.153 e. The summed E-state index contributed by atoms with van der Waals surface area (Å²) in [7, 11) is 0. The van der Waals surface area contributed by atoms with Gasteiger partial charge in [0.05, 0.1) is 23.5 Å². The fraction of sp³-hybridized carbons (Fsp3) is 0.294. The van der Waals surface area contributed by atoms with Gasteiger partial charge in [-0.15, -0.1) is 5.10 Å². The lowest BCUT2D eigenvalue weighted by Gasteiger charge is -2.13. The lowest BCUT2D eigenvalue weighted by atomic mass is 10.2. The minimum atomic E-state index is 0.372. The van der Waals surface area contributed by atoms with Gasteiger partial charge in [0.25, 0.3) is 0 Å². The SMILES string of the molecule is Nc1nn(-c2ccc(OC3CCCC3)cc2)c2cnccc12. The van der Waals surface area contributed by atoms with Crippen molar-refractivity contribution >= 4 is 16.7 Å². The molecule has 1 aliphatic carbocycles. The maximum atomic E-state index is 5.99. The zero-order valence-corrected chi connectivity index (χ0v) is 12.3. The van der Waals surface area contributed by atoms with Crippen LogP contribution in [0.1, 0.15) is 25.7 Å². The molecule has 0 atom stereocenters. The van der Waals surface area contributed by atoms with Crippen molar-refractivity contribution < 1.29 is 4.74 Å². The second-order valence-corrected chi connectivity index (χ2v) is 5.71. The molecule has 2 N–H and O–H groups in total. The van der Waals surface area contributed by atoms with Crippen molar-refractivity contribution in [1.82, 2.24) is 14.8 Å². The minimum absolute atomic E-state index is 0.372. The smallest absolute Gasteiger partial charge is 0.153 e. The first-order valence-corrected chi connectivity index (χ1v) is 7.66. The summed E-state index contributed by atoms with van der Waals surface area (Å²) in [6.45, 7) is 0. The van der Waals surface area contributed by atoms with Crippen LogP contribution in [0, 0.1) is 0 Å². The van der Waals surface area contributed by atoms with Crippen LogP contribution >= 0.6 is 0 Å². The Labute approximate surface area is 128 Å². The van der Waals surface area contributed by atoms with E-state index in [-0.39, 0.29) is 0 Å². The van der Waals surface area contributed by atoms with Crippen LogP contribution in [-0.4, -0.2) is 20.9 Å². The highest BCUT2D eigenvalue weighted by atomic mass is 16.5. The molecule has 22 heavy (non-hydrogen) atoms. The van der Waals surface area contributed by atoms with Crippen molar-refractivity contribution in [1.29, 1.82) is 0 Å². The van der Waals surface area contributed by atoms with Crippen LogP contribution in [0.5, 0.6) is 5.75 Å². The average Bonchev–Trinajstić information content (AvgIpc) is 3.17. The molecule has 1 fully saturated rings. The summed E-state index contributed by atoms with van der Waals surface area (Å²) in [4.78, 5) is 4.16. The average molecular weight is 294 g/mol. The summed E-state index contributed by atoms with van der Waals surface area (Å²) < 4.78 is 7.81. The Kier molecular flexibility index (Phi) is 3.18. The minimum Gasteiger partial charge on any atom is -0.490 e. The molecular formula is C17H18N4O. The highest BCUT2D eigenvalue weighted by Crippen LogP contribution is 2.26. The van der Waals surface area contributed by atoms with E-state index in [1.807, 2.05) is 35.0 Å². The molecule has 5 heteroatoms. The predicted octanol–water partition coefficient (Wildman–Crippen LogP) is 3.32. The standard InChI is InChI=1S/C17H18N4O/c18-17-15-9-10-19-11-16(15)21(20-17)12-5-7-14(8-6-12)22-13-3-1-2-4-13/h5-11,13H,1-4H2,(H2,18,20). The van der Waals surface area contributed by atoms with E-state index in [9.17, 15) is 0 Å². The van der Waals surface area contributed by atoms with Crippen LogP contribution in [0.15, 0.2) is 42.7 Å². The summed E-state index contributed by atoms with van der Waals surface area (Å²) in [5.41, 5.74) is 7.83. The predicted molar refractivity (Wildman–Crippen MR) is 86.2 cm³/mol. The van der Waals surface area contributed by atoms with Gasteiger partial charge in [-0.25, -0.2) is 4.68 Å². The summed E-state index contributed by atoms with van der Waals surface area (Å²) in [6, 6.07) is 9.87. The van der Waals surface area contributed by atoms with E-state index in [2.05, 4.69) is 10.1 Å². The van der Waals surface area contributed by atoms with Gasteiger partial charge in [0.15, 0.2) is 5.82 Å². The van der Waals surface area contributed by atoms with E-state index in [4.69, 9.17) is 10.5 Å². The molecule has 0 bridgehead atoms. The van der Waals surface area contributed by atoms with Crippen molar-refractivity contribution in [2.24, 2.45) is 0 Å². The molecule has 1 aromatic carbocycles. The number of rotatable bonds is 3. The molecule has 112 valence electrons. The number of nitrogen functional groups attached to an aromatic ring is 1. The molecule has 2 heterocycles. The van der Waals surface area contributed by atoms with E-state index < -0.39 is 0 Å². The van der Waals surface area contributed by atoms with Gasteiger partial charge in [0, 0.05) is 11.6 Å². The van der Waals surface area contributed by atoms with Crippen molar-refractivity contribution in [3.63, 3.8) is 0 Å². The molecule has 0 radical (unpaired) electrons. The number of aromatic nitrogens is 3. The molecule has 2 aromatic heterocycles. The molecule has 0 saturated heterocycles. The number of benzene rings is 1. The number of pyridine rings is 1. The Bertz CT molecular complexity index is 788. The Morgan fingerprint density at radius 2 is 1.86 bits per heavy atom. The quantitative estimate of drug-likeness (QED) is 0.804. The molecule has 1 saturated carbocycles. The number of hydrogen-bond donors (Lipinski definition) is 1. The molecule has 5 nitrogen and oxygen atoms in total. The number of nitrogens with zero attached hydrogens (tertiary/aromatic N) is 3. The van der Waals surface area contributed by atoms with Gasteiger partial charge in [0.1, 0.15) is 5.75 Å². The van der Waals surface area contributed by atoms with Gasteiger partial charge in [-0.2, -0.15) is 0 Å². The molecule has 0 unspecified atom stereocenters. The summed E-state index contributed by atoms with van der Waals surface area (Å²) in [5, 5.41) is 5.32. The number of anilines is 1. The van der Waals surface area contributed by atoms with E-state index >= 15 is 0 Å². The number of ether oxygens (including phenoxy) is 1. The Balaban J connectivity index is 1.64. The first-order valence-electron chi connectivity index (χ1n) is 7.66. The molecule has 0 aliphatic heterocycles. The Hall–Kier alpha value is -2.56. The highest BCUT2D eigenvalue weighted by Gasteiger charge is 2.16. The van der Waals surface area contributed by atoms with E-state index in [0.29, 0.717) is 11.9 Å². The van der Waals surface area contributed by atoms with Gasteiger partial charge >= 0.3 is 0 Å². The van der Waals surface area contributed by atoms with Crippen molar-refractivity contribution in [3.8, 4) is 11.4 Å². The summed E-state index contributed by atoms with van der Waals surface area (Å²) in [6.07, 6.45) is 8.74. The van der Waals surface area contributed by atoms with E-state index in [0.717, 1.165) is 35.2 Å². The topological polar surface area (TPSA) is 66.0 Å². The first kappa shape index (κ1) is 13.1. The second kappa shape index (κ2) is 5.33. The Morgan fingerprint density at radius 1 is 1.09 bits per heavy atom. The fourth-order valence-electron chi connectivity index (χ4n) is 3.05. The molecule has 0 spiro atoms. The molecular weight excluding hydrogens is 276 g/mol.